The van der Waals surface area contributed by atoms with E-state index >= 15 is 0 Å². The minimum Gasteiger partial charge on any atom is -0.495 e. The Morgan fingerprint density at radius 1 is 1.02 bits per heavy atom. The van der Waals surface area contributed by atoms with Crippen LogP contribution in [-0.4, -0.2) is 66.7 Å². The number of hydrogen-bond acceptors (Lipinski definition) is 7. The summed E-state index contributed by atoms with van der Waals surface area (Å²) in [5.74, 6) is 0.428. The number of nitrogens with one attached hydrogen (secondary N) is 1. The van der Waals surface area contributed by atoms with Crippen LogP contribution in [0.3, 0.4) is 0 Å². The Hall–Kier alpha value is -4.24. The number of anilines is 3. The van der Waals surface area contributed by atoms with Gasteiger partial charge in [-0.1, -0.05) is 32.0 Å². The van der Waals surface area contributed by atoms with E-state index < -0.39 is 6.29 Å². The van der Waals surface area contributed by atoms with E-state index in [1.54, 1.807) is 7.11 Å². The molecule has 1 unspecified atom stereocenters. The van der Waals surface area contributed by atoms with E-state index in [0.29, 0.717) is 11.6 Å². The Labute approximate surface area is 285 Å². The lowest BCUT2D eigenvalue weighted by atomic mass is 9.88. The second-order valence-electron chi connectivity index (χ2n) is 13.7. The number of para-hydroxylation sites is 1. The van der Waals surface area contributed by atoms with Gasteiger partial charge in [-0.3, -0.25) is 4.79 Å². The van der Waals surface area contributed by atoms with Gasteiger partial charge in [0, 0.05) is 49.8 Å². The average Bonchev–Trinajstić information content (AvgIpc) is 3.74. The number of piperidine rings is 1. The Morgan fingerprint density at radius 3 is 2.38 bits per heavy atom. The summed E-state index contributed by atoms with van der Waals surface area (Å²) >= 11 is 0. The van der Waals surface area contributed by atoms with Crippen LogP contribution in [0.25, 0.3) is 0 Å². The zero-order chi connectivity index (χ0) is 33.5. The number of rotatable bonds is 9. The lowest BCUT2D eigenvalue weighted by Gasteiger charge is -2.39. The molecule has 0 spiro atoms. The molecule has 3 aliphatic heterocycles. The van der Waals surface area contributed by atoms with Crippen molar-refractivity contribution in [1.82, 2.24) is 9.47 Å². The van der Waals surface area contributed by atoms with Crippen LogP contribution in [0.2, 0.25) is 0 Å². The monoisotopic (exact) mass is 649 g/mol. The fourth-order valence-electron chi connectivity index (χ4n) is 8.54. The van der Waals surface area contributed by atoms with Crippen LogP contribution in [0.4, 0.5) is 17.1 Å². The molecule has 0 saturated carbocycles. The molecule has 9 heteroatoms. The highest BCUT2D eigenvalue weighted by Crippen LogP contribution is 2.40. The number of carbonyl (C=O) groups excluding carboxylic acids is 1. The van der Waals surface area contributed by atoms with Gasteiger partial charge >= 0.3 is 0 Å². The van der Waals surface area contributed by atoms with Crippen molar-refractivity contribution in [2.24, 2.45) is 17.8 Å². The SMILES string of the molecule is CCc1cccc(CC)c1N1C=C2CCc3c(C(N)=O)c(C)n(C)c3C2=NC1Nc1ccc(N2CCC(N3CCCC3)CC2)cc1OC. The summed E-state index contributed by atoms with van der Waals surface area (Å²) < 4.78 is 8.13. The maximum absolute atomic E-state index is 12.6. The van der Waals surface area contributed by atoms with E-state index in [9.17, 15) is 4.79 Å². The first-order valence-electron chi connectivity index (χ1n) is 17.9. The molecular weight excluding hydrogens is 598 g/mol. The second kappa shape index (κ2) is 13.3. The Kier molecular flexibility index (Phi) is 8.98. The smallest absolute Gasteiger partial charge is 0.250 e. The van der Waals surface area contributed by atoms with Crippen LogP contribution in [0.5, 0.6) is 5.75 Å². The standard InChI is InChI=1S/C39H51N7O2/c1-6-26-11-10-12-27(7-2)36(26)46-24-28-13-15-31-34(38(40)47)25(3)43(4)37(31)35(28)42-39(46)41-32-16-14-30(23-33(32)48-5)45-21-17-29(18-22-45)44-19-8-9-20-44/h10-12,14,16,23-24,29,39,41H,6-9,13,15,17-22H2,1-5H3,(H2,40,47). The van der Waals surface area contributed by atoms with Gasteiger partial charge in [-0.05, 0) is 106 Å². The molecule has 1 atom stereocenters. The Bertz CT molecular complexity index is 1740. The summed E-state index contributed by atoms with van der Waals surface area (Å²) in [5, 5.41) is 3.80. The first-order valence-corrected chi connectivity index (χ1v) is 17.9. The van der Waals surface area contributed by atoms with E-state index in [-0.39, 0.29) is 5.91 Å². The third-order valence-electron chi connectivity index (χ3n) is 11.2. The largest absolute Gasteiger partial charge is 0.495 e. The van der Waals surface area contributed by atoms with Gasteiger partial charge in [-0.25, -0.2) is 4.99 Å². The van der Waals surface area contributed by atoms with E-state index in [2.05, 4.69) is 81.0 Å². The highest BCUT2D eigenvalue weighted by molar-refractivity contribution is 6.16. The zero-order valence-electron chi connectivity index (χ0n) is 29.3. The molecule has 0 radical (unpaired) electrons. The fraction of sp³-hybridized carbons (Fsp3) is 0.487. The number of nitrogens with zero attached hydrogens (tertiary/aromatic N) is 5. The zero-order valence-corrected chi connectivity index (χ0v) is 29.3. The summed E-state index contributed by atoms with van der Waals surface area (Å²) in [6, 6.07) is 13.9. The van der Waals surface area contributed by atoms with Gasteiger partial charge in [-0.2, -0.15) is 0 Å². The van der Waals surface area contributed by atoms with Crippen molar-refractivity contribution in [3.05, 3.63) is 81.8 Å². The normalized spacial score (nSPS) is 19.9. The molecule has 4 aliphatic rings. The third-order valence-corrected chi connectivity index (χ3v) is 11.2. The summed E-state index contributed by atoms with van der Waals surface area (Å²) in [6.45, 7) is 11.1. The second-order valence-corrected chi connectivity index (χ2v) is 13.7. The molecule has 1 aliphatic carbocycles. The van der Waals surface area contributed by atoms with Crippen molar-refractivity contribution in [2.45, 2.75) is 84.5 Å². The van der Waals surface area contributed by atoms with Crippen LogP contribution in [0.15, 0.2) is 53.2 Å². The predicted molar refractivity (Wildman–Crippen MR) is 196 cm³/mol. The number of nitrogens with two attached hydrogens (primary N) is 1. The lowest BCUT2D eigenvalue weighted by molar-refractivity contribution is 0.0998. The Morgan fingerprint density at radius 2 is 1.73 bits per heavy atom. The number of carbonyl (C=O) groups is 1. The molecule has 3 aromatic rings. The van der Waals surface area contributed by atoms with Gasteiger partial charge in [0.1, 0.15) is 5.75 Å². The number of ether oxygens (including phenoxy) is 1. The molecule has 3 N–H and O–H groups in total. The van der Waals surface area contributed by atoms with Crippen LogP contribution in [-0.2, 0) is 26.3 Å². The van der Waals surface area contributed by atoms with Crippen molar-refractivity contribution < 1.29 is 9.53 Å². The first kappa shape index (κ1) is 32.3. The number of allylic oxidation sites excluding steroid dienone is 1. The molecule has 2 saturated heterocycles. The number of likely N-dealkylation sites (tertiary alicyclic amines) is 1. The number of primary amides is 1. The summed E-state index contributed by atoms with van der Waals surface area (Å²) in [6.07, 6.45) is 10.3. The quantitative estimate of drug-likeness (QED) is 0.289. The maximum atomic E-state index is 12.6. The fourth-order valence-corrected chi connectivity index (χ4v) is 8.54. The highest BCUT2D eigenvalue weighted by Gasteiger charge is 2.36. The average molecular weight is 650 g/mol. The highest BCUT2D eigenvalue weighted by atomic mass is 16.5. The van der Waals surface area contributed by atoms with Crippen molar-refractivity contribution in [1.29, 1.82) is 0 Å². The number of aliphatic imine (C=N–C) groups is 1. The van der Waals surface area contributed by atoms with Crippen LogP contribution in [0.1, 0.15) is 84.4 Å². The Balaban J connectivity index is 1.25. The molecule has 4 heterocycles. The minimum absolute atomic E-state index is 0.376. The van der Waals surface area contributed by atoms with E-state index in [0.717, 1.165) is 72.9 Å². The first-order chi connectivity index (χ1) is 23.3. The van der Waals surface area contributed by atoms with Gasteiger partial charge in [0.05, 0.1) is 35.5 Å². The number of amides is 1. The topological polar surface area (TPSA) is 91.4 Å². The third kappa shape index (κ3) is 5.66. The molecule has 48 heavy (non-hydrogen) atoms. The van der Waals surface area contributed by atoms with E-state index in [1.807, 2.05) is 14.0 Å². The molecule has 9 nitrogen and oxygen atoms in total. The van der Waals surface area contributed by atoms with E-state index in [4.69, 9.17) is 15.5 Å². The molecule has 1 amide bonds. The predicted octanol–water partition coefficient (Wildman–Crippen LogP) is 6.17. The van der Waals surface area contributed by atoms with Crippen molar-refractivity contribution in [3.63, 3.8) is 0 Å². The van der Waals surface area contributed by atoms with Crippen LogP contribution in [0, 0.1) is 6.92 Å². The van der Waals surface area contributed by atoms with Gasteiger partial charge in [0.2, 0.25) is 6.29 Å². The number of benzene rings is 2. The molecular formula is C39H51N7O2. The van der Waals surface area contributed by atoms with Gasteiger partial charge in [0.15, 0.2) is 0 Å². The summed E-state index contributed by atoms with van der Waals surface area (Å²) in [4.78, 5) is 25.6. The van der Waals surface area contributed by atoms with Crippen LogP contribution < -0.4 is 25.6 Å². The number of methoxy groups -OCH3 is 1. The molecule has 2 fully saturated rings. The molecule has 2 aromatic carbocycles. The summed E-state index contributed by atoms with van der Waals surface area (Å²) in [7, 11) is 3.76. The van der Waals surface area contributed by atoms with Crippen molar-refractivity contribution >= 4 is 28.7 Å². The van der Waals surface area contributed by atoms with Crippen molar-refractivity contribution in [3.8, 4) is 5.75 Å². The number of aryl methyl sites for hydroxylation is 2. The molecule has 1 aromatic heterocycles. The van der Waals surface area contributed by atoms with Gasteiger partial charge in [0.25, 0.3) is 5.91 Å². The van der Waals surface area contributed by atoms with E-state index in [1.165, 1.54) is 66.8 Å². The van der Waals surface area contributed by atoms with Gasteiger partial charge in [-0.15, -0.1) is 0 Å². The van der Waals surface area contributed by atoms with Crippen LogP contribution >= 0.6 is 0 Å². The molecule has 254 valence electrons. The number of fused-ring (bicyclic) bond motifs is 3. The number of aromatic nitrogens is 1. The van der Waals surface area contributed by atoms with Gasteiger partial charge < -0.3 is 35.1 Å². The summed E-state index contributed by atoms with van der Waals surface area (Å²) in [5.41, 5.74) is 17.4. The maximum Gasteiger partial charge on any atom is 0.250 e. The minimum atomic E-state index is -0.434. The molecule has 0 bridgehead atoms. The molecule has 7 rings (SSSR count). The lowest BCUT2D eigenvalue weighted by Crippen LogP contribution is -2.44. The number of hydrogen-bond donors (Lipinski definition) is 2. The van der Waals surface area contributed by atoms with Crippen molar-refractivity contribution in [2.75, 3.05) is 48.4 Å².